The highest BCUT2D eigenvalue weighted by Gasteiger charge is 2.14. The number of rotatable bonds is 3. The number of carboxylic acid groups (broad SMARTS) is 2. The minimum Gasteiger partial charge on any atom is -0.478 e. The summed E-state index contributed by atoms with van der Waals surface area (Å²) in [6, 6.07) is 6.53. The van der Waals surface area contributed by atoms with Crippen LogP contribution in [0.1, 0.15) is 25.6 Å². The van der Waals surface area contributed by atoms with Crippen LogP contribution in [-0.2, 0) is 0 Å². The third kappa shape index (κ3) is 2.12. The number of carbonyl (C=O) groups is 2. The minimum atomic E-state index is -0.983. The van der Waals surface area contributed by atoms with E-state index in [1.165, 1.54) is 6.07 Å². The molecule has 0 saturated carbocycles. The Morgan fingerprint density at radius 2 is 1.89 bits per heavy atom. The lowest BCUT2D eigenvalue weighted by atomic mass is 9.98. The SMILES string of the molecule is Cc1c(C(=O)O)cccc1-c1csc(C(=O)O)c1. The van der Waals surface area contributed by atoms with E-state index in [2.05, 4.69) is 0 Å². The molecule has 0 spiro atoms. The molecule has 92 valence electrons. The first-order valence-corrected chi connectivity index (χ1v) is 6.03. The van der Waals surface area contributed by atoms with Crippen molar-refractivity contribution < 1.29 is 19.8 Å². The third-order valence-electron chi connectivity index (χ3n) is 2.69. The van der Waals surface area contributed by atoms with E-state index in [-0.39, 0.29) is 10.4 Å². The molecule has 0 aliphatic heterocycles. The molecule has 0 aliphatic carbocycles. The quantitative estimate of drug-likeness (QED) is 0.891. The topological polar surface area (TPSA) is 74.6 Å². The predicted octanol–water partition coefficient (Wildman–Crippen LogP) is 3.12. The first kappa shape index (κ1) is 12.3. The van der Waals surface area contributed by atoms with Crippen molar-refractivity contribution in [1.82, 2.24) is 0 Å². The normalized spacial score (nSPS) is 10.3. The maximum atomic E-state index is 11.0. The molecule has 0 atom stereocenters. The van der Waals surface area contributed by atoms with Crippen molar-refractivity contribution in [2.45, 2.75) is 6.92 Å². The summed E-state index contributed by atoms with van der Waals surface area (Å²) >= 11 is 1.13. The average molecular weight is 262 g/mol. The zero-order chi connectivity index (χ0) is 13.3. The second-order valence-electron chi connectivity index (χ2n) is 3.79. The molecule has 2 aromatic rings. The molecule has 5 heteroatoms. The molecule has 0 aliphatic rings. The molecule has 2 N–H and O–H groups in total. The number of aromatic carboxylic acids is 2. The van der Waals surface area contributed by atoms with Gasteiger partial charge < -0.3 is 10.2 Å². The molecule has 0 saturated heterocycles. The number of hydrogen-bond acceptors (Lipinski definition) is 3. The molecular formula is C13H10O4S. The fourth-order valence-corrected chi connectivity index (χ4v) is 2.51. The van der Waals surface area contributed by atoms with Gasteiger partial charge in [-0.05, 0) is 41.1 Å². The van der Waals surface area contributed by atoms with E-state index in [4.69, 9.17) is 10.2 Å². The Morgan fingerprint density at radius 1 is 1.17 bits per heavy atom. The highest BCUT2D eigenvalue weighted by molar-refractivity contribution is 7.12. The van der Waals surface area contributed by atoms with Crippen molar-refractivity contribution in [3.8, 4) is 11.1 Å². The molecule has 4 nitrogen and oxygen atoms in total. The summed E-state index contributed by atoms with van der Waals surface area (Å²) < 4.78 is 0. The molecule has 1 aromatic carbocycles. The van der Waals surface area contributed by atoms with Crippen molar-refractivity contribution >= 4 is 23.3 Å². The second kappa shape index (κ2) is 4.62. The Morgan fingerprint density at radius 3 is 2.44 bits per heavy atom. The van der Waals surface area contributed by atoms with Gasteiger partial charge in [0.15, 0.2) is 0 Å². The summed E-state index contributed by atoms with van der Waals surface area (Å²) in [5.41, 5.74) is 2.35. The van der Waals surface area contributed by atoms with Crippen molar-refractivity contribution in [2.24, 2.45) is 0 Å². The maximum Gasteiger partial charge on any atom is 0.345 e. The lowest BCUT2D eigenvalue weighted by Gasteiger charge is -2.06. The third-order valence-corrected chi connectivity index (χ3v) is 3.60. The van der Waals surface area contributed by atoms with E-state index < -0.39 is 11.9 Å². The first-order valence-electron chi connectivity index (χ1n) is 5.16. The van der Waals surface area contributed by atoms with Gasteiger partial charge in [0.2, 0.25) is 0 Å². The predicted molar refractivity (Wildman–Crippen MR) is 68.4 cm³/mol. The summed E-state index contributed by atoms with van der Waals surface area (Å²) in [7, 11) is 0. The van der Waals surface area contributed by atoms with Crippen molar-refractivity contribution in [1.29, 1.82) is 0 Å². The van der Waals surface area contributed by atoms with Crippen LogP contribution in [0.3, 0.4) is 0 Å². The maximum absolute atomic E-state index is 11.0. The van der Waals surface area contributed by atoms with Gasteiger partial charge in [-0.25, -0.2) is 9.59 Å². The van der Waals surface area contributed by atoms with E-state index in [1.807, 2.05) is 0 Å². The number of carboxylic acids is 2. The van der Waals surface area contributed by atoms with Crippen LogP contribution < -0.4 is 0 Å². The van der Waals surface area contributed by atoms with Crippen LogP contribution in [-0.4, -0.2) is 22.2 Å². The van der Waals surface area contributed by atoms with E-state index in [0.29, 0.717) is 5.56 Å². The van der Waals surface area contributed by atoms with E-state index in [1.54, 1.807) is 30.5 Å². The molecular weight excluding hydrogens is 252 g/mol. The van der Waals surface area contributed by atoms with Crippen LogP contribution in [0.15, 0.2) is 29.6 Å². The van der Waals surface area contributed by atoms with Gasteiger partial charge in [-0.2, -0.15) is 0 Å². The van der Waals surface area contributed by atoms with Gasteiger partial charge in [-0.1, -0.05) is 12.1 Å². The van der Waals surface area contributed by atoms with E-state index in [0.717, 1.165) is 22.5 Å². The van der Waals surface area contributed by atoms with Crippen LogP contribution in [0.4, 0.5) is 0 Å². The number of thiophene rings is 1. The van der Waals surface area contributed by atoms with Crippen LogP contribution in [0.5, 0.6) is 0 Å². The Labute approximate surface area is 107 Å². The largest absolute Gasteiger partial charge is 0.478 e. The summed E-state index contributed by atoms with van der Waals surface area (Å²) in [5.74, 6) is -1.96. The van der Waals surface area contributed by atoms with E-state index in [9.17, 15) is 9.59 Å². The van der Waals surface area contributed by atoms with Gasteiger partial charge in [0.25, 0.3) is 0 Å². The Kier molecular flexibility index (Phi) is 3.16. The van der Waals surface area contributed by atoms with Crippen molar-refractivity contribution in [3.63, 3.8) is 0 Å². The van der Waals surface area contributed by atoms with Gasteiger partial charge in [0, 0.05) is 0 Å². The van der Waals surface area contributed by atoms with Crippen LogP contribution in [0.2, 0.25) is 0 Å². The van der Waals surface area contributed by atoms with Gasteiger partial charge in [-0.3, -0.25) is 0 Å². The van der Waals surface area contributed by atoms with Crippen LogP contribution >= 0.6 is 11.3 Å². The molecule has 0 unspecified atom stereocenters. The lowest BCUT2D eigenvalue weighted by Crippen LogP contribution is -2.00. The second-order valence-corrected chi connectivity index (χ2v) is 4.70. The Balaban J connectivity index is 2.53. The van der Waals surface area contributed by atoms with Crippen molar-refractivity contribution in [2.75, 3.05) is 0 Å². The zero-order valence-corrected chi connectivity index (χ0v) is 10.3. The van der Waals surface area contributed by atoms with Gasteiger partial charge in [0.05, 0.1) is 5.56 Å². The smallest absolute Gasteiger partial charge is 0.345 e. The van der Waals surface area contributed by atoms with Crippen LogP contribution in [0.25, 0.3) is 11.1 Å². The zero-order valence-electron chi connectivity index (χ0n) is 9.51. The van der Waals surface area contributed by atoms with Crippen molar-refractivity contribution in [3.05, 3.63) is 45.6 Å². The average Bonchev–Trinajstić information content (AvgIpc) is 2.78. The fraction of sp³-hybridized carbons (Fsp3) is 0.0769. The summed E-state index contributed by atoms with van der Waals surface area (Å²) in [4.78, 5) is 22.1. The highest BCUT2D eigenvalue weighted by atomic mass is 32.1. The summed E-state index contributed by atoms with van der Waals surface area (Å²) in [6.07, 6.45) is 0. The Hall–Kier alpha value is -2.14. The van der Waals surface area contributed by atoms with Crippen LogP contribution in [0, 0.1) is 6.92 Å². The molecule has 0 fully saturated rings. The molecule has 2 rings (SSSR count). The summed E-state index contributed by atoms with van der Waals surface area (Å²) in [5, 5.41) is 19.6. The molecule has 0 bridgehead atoms. The molecule has 1 aromatic heterocycles. The molecule has 0 radical (unpaired) electrons. The molecule has 1 heterocycles. The lowest BCUT2D eigenvalue weighted by molar-refractivity contribution is 0.0687. The first-order chi connectivity index (χ1) is 8.50. The monoisotopic (exact) mass is 262 g/mol. The highest BCUT2D eigenvalue weighted by Crippen LogP contribution is 2.29. The minimum absolute atomic E-state index is 0.232. The van der Waals surface area contributed by atoms with Gasteiger partial charge >= 0.3 is 11.9 Å². The molecule has 0 amide bonds. The molecule has 18 heavy (non-hydrogen) atoms. The van der Waals surface area contributed by atoms with E-state index >= 15 is 0 Å². The number of benzene rings is 1. The fourth-order valence-electron chi connectivity index (χ4n) is 1.77. The van der Waals surface area contributed by atoms with Gasteiger partial charge in [-0.15, -0.1) is 11.3 Å². The number of hydrogen-bond donors (Lipinski definition) is 2. The van der Waals surface area contributed by atoms with Gasteiger partial charge in [0.1, 0.15) is 4.88 Å². The standard InChI is InChI=1S/C13H10O4S/c1-7-9(3-2-4-10(7)12(14)15)8-5-11(13(16)17)18-6-8/h2-6H,1H3,(H,14,15)(H,16,17). The summed E-state index contributed by atoms with van der Waals surface area (Å²) in [6.45, 7) is 1.72. The Bertz CT molecular complexity index is 628.